The maximum absolute atomic E-state index is 14.2. The zero-order valence-electron chi connectivity index (χ0n) is 27.6. The molecule has 0 radical (unpaired) electrons. The third-order valence-corrected chi connectivity index (χ3v) is 14.5. The minimum Gasteiger partial charge on any atom is -0.455 e. The number of benzene rings is 1. The Kier molecular flexibility index (Phi) is 7.33. The van der Waals surface area contributed by atoms with Crippen molar-refractivity contribution in [3.63, 3.8) is 0 Å². The Morgan fingerprint density at radius 2 is 1.63 bits per heavy atom. The highest BCUT2D eigenvalue weighted by Gasteiger charge is 2.69. The smallest absolute Gasteiger partial charge is 0.313 e. The highest BCUT2D eigenvalue weighted by molar-refractivity contribution is 5.93. The summed E-state index contributed by atoms with van der Waals surface area (Å²) >= 11 is 0. The fourth-order valence-corrected chi connectivity index (χ4v) is 11.6. The van der Waals surface area contributed by atoms with Crippen LogP contribution in [0.4, 0.5) is 5.69 Å². The molecule has 9 atom stereocenters. The van der Waals surface area contributed by atoms with Gasteiger partial charge in [-0.2, -0.15) is 0 Å². The minimum atomic E-state index is -0.576. The molecule has 5 heteroatoms. The second kappa shape index (κ2) is 10.3. The number of nitrogens with one attached hydrogen (secondary N) is 1. The SMILES string of the molecule is C[C@H]1[C@H](C)CC[C@]2(C(=O)OCC(=O)Nc3ccccc3)CC[C@]3(C)C(=CC[C@@H]4[C@@]5(C)CCC(=O)C(C)(C)[C@@H]5CC[C@]43C)[C@H]12. The number of amides is 1. The zero-order valence-corrected chi connectivity index (χ0v) is 27.6. The molecule has 0 aromatic heterocycles. The number of hydrogen-bond donors (Lipinski definition) is 1. The molecule has 5 aliphatic rings. The van der Waals surface area contributed by atoms with Crippen LogP contribution in [0, 0.1) is 56.7 Å². The quantitative estimate of drug-likeness (QED) is 0.284. The van der Waals surface area contributed by atoms with Crippen molar-refractivity contribution >= 4 is 23.3 Å². The number of anilines is 1. The molecule has 0 heterocycles. The van der Waals surface area contributed by atoms with Gasteiger partial charge in [-0.1, -0.05) is 78.3 Å². The normalized spacial score (nSPS) is 43.2. The van der Waals surface area contributed by atoms with E-state index < -0.39 is 5.41 Å². The summed E-state index contributed by atoms with van der Waals surface area (Å²) in [5, 5.41) is 2.86. The van der Waals surface area contributed by atoms with Crippen LogP contribution < -0.4 is 5.32 Å². The van der Waals surface area contributed by atoms with E-state index in [1.165, 1.54) is 5.57 Å². The minimum absolute atomic E-state index is 0.0000530. The molecule has 1 aromatic rings. The van der Waals surface area contributed by atoms with Gasteiger partial charge in [-0.25, -0.2) is 0 Å². The first-order chi connectivity index (χ1) is 20.2. The number of esters is 1. The van der Waals surface area contributed by atoms with Crippen LogP contribution in [0.5, 0.6) is 0 Å². The Morgan fingerprint density at radius 3 is 2.35 bits per heavy atom. The molecule has 1 aromatic carbocycles. The molecule has 0 spiro atoms. The van der Waals surface area contributed by atoms with Gasteiger partial charge in [-0.3, -0.25) is 14.4 Å². The Labute approximate surface area is 259 Å². The molecule has 0 aliphatic heterocycles. The van der Waals surface area contributed by atoms with E-state index >= 15 is 0 Å². The third kappa shape index (κ3) is 4.33. The van der Waals surface area contributed by atoms with Gasteiger partial charge < -0.3 is 10.1 Å². The fraction of sp³-hybridized carbons (Fsp3) is 0.711. The van der Waals surface area contributed by atoms with Crippen LogP contribution >= 0.6 is 0 Å². The predicted molar refractivity (Wildman–Crippen MR) is 170 cm³/mol. The molecule has 234 valence electrons. The summed E-state index contributed by atoms with van der Waals surface area (Å²) in [4.78, 5) is 40.0. The van der Waals surface area contributed by atoms with E-state index in [1.54, 1.807) is 0 Å². The molecule has 1 amide bonds. The Balaban J connectivity index is 1.31. The number of rotatable bonds is 4. The number of para-hydroxylation sites is 1. The first-order valence-electron chi connectivity index (χ1n) is 17.0. The molecular formula is C38H53NO4. The first kappa shape index (κ1) is 30.6. The lowest BCUT2D eigenvalue weighted by Crippen LogP contribution is -2.65. The summed E-state index contributed by atoms with van der Waals surface area (Å²) < 4.78 is 5.91. The van der Waals surface area contributed by atoms with Crippen LogP contribution in [0.2, 0.25) is 0 Å². The number of Topliss-reactive ketones (excluding diaryl/α,β-unsaturated/α-hetero) is 1. The van der Waals surface area contributed by atoms with Crippen LogP contribution in [-0.4, -0.2) is 24.3 Å². The van der Waals surface area contributed by atoms with Crippen LogP contribution in [0.3, 0.4) is 0 Å². The lowest BCUT2D eigenvalue weighted by atomic mass is 9.33. The third-order valence-electron chi connectivity index (χ3n) is 14.5. The lowest BCUT2D eigenvalue weighted by molar-refractivity contribution is -0.192. The molecule has 0 bridgehead atoms. The predicted octanol–water partition coefficient (Wildman–Crippen LogP) is 8.40. The summed E-state index contributed by atoms with van der Waals surface area (Å²) in [7, 11) is 0. The Morgan fingerprint density at radius 1 is 0.907 bits per heavy atom. The monoisotopic (exact) mass is 587 g/mol. The van der Waals surface area contributed by atoms with E-state index in [2.05, 4.69) is 59.9 Å². The van der Waals surface area contributed by atoms with Crippen molar-refractivity contribution < 1.29 is 19.1 Å². The van der Waals surface area contributed by atoms with Crippen LogP contribution in [0.25, 0.3) is 0 Å². The van der Waals surface area contributed by atoms with Gasteiger partial charge in [-0.05, 0) is 109 Å². The van der Waals surface area contributed by atoms with E-state index in [9.17, 15) is 14.4 Å². The van der Waals surface area contributed by atoms with Gasteiger partial charge in [0.05, 0.1) is 5.41 Å². The largest absolute Gasteiger partial charge is 0.455 e. The van der Waals surface area contributed by atoms with Crippen molar-refractivity contribution in [1.29, 1.82) is 0 Å². The van der Waals surface area contributed by atoms with Crippen molar-refractivity contribution in [2.75, 3.05) is 11.9 Å². The van der Waals surface area contributed by atoms with Crippen molar-refractivity contribution in [2.24, 2.45) is 56.7 Å². The van der Waals surface area contributed by atoms with Gasteiger partial charge in [0.25, 0.3) is 5.91 Å². The molecule has 4 saturated carbocycles. The number of hydrogen-bond acceptors (Lipinski definition) is 4. The first-order valence-corrected chi connectivity index (χ1v) is 17.0. The maximum Gasteiger partial charge on any atom is 0.313 e. The van der Waals surface area contributed by atoms with Crippen LogP contribution in [0.15, 0.2) is 42.0 Å². The van der Waals surface area contributed by atoms with Gasteiger partial charge in [0, 0.05) is 17.5 Å². The average molecular weight is 588 g/mol. The molecule has 0 unspecified atom stereocenters. The fourth-order valence-electron chi connectivity index (χ4n) is 11.6. The average Bonchev–Trinajstić information content (AvgIpc) is 2.96. The molecule has 6 rings (SSSR count). The lowest BCUT2D eigenvalue weighted by Gasteiger charge is -2.70. The van der Waals surface area contributed by atoms with E-state index in [-0.39, 0.29) is 46.1 Å². The van der Waals surface area contributed by atoms with Crippen molar-refractivity contribution in [3.8, 4) is 0 Å². The van der Waals surface area contributed by atoms with Crippen molar-refractivity contribution in [3.05, 3.63) is 42.0 Å². The van der Waals surface area contributed by atoms with Gasteiger partial charge in [0.1, 0.15) is 5.78 Å². The summed E-state index contributed by atoms with van der Waals surface area (Å²) in [6.07, 6.45) is 11.1. The molecule has 4 fully saturated rings. The number of ether oxygens (including phenoxy) is 1. The molecule has 43 heavy (non-hydrogen) atoms. The summed E-state index contributed by atoms with van der Waals surface area (Å²) in [6.45, 7) is 16.4. The molecule has 5 nitrogen and oxygen atoms in total. The van der Waals surface area contributed by atoms with E-state index in [0.717, 1.165) is 51.4 Å². The number of fused-ring (bicyclic) bond motifs is 7. The zero-order chi connectivity index (χ0) is 31.0. The van der Waals surface area contributed by atoms with Gasteiger partial charge in [0.2, 0.25) is 0 Å². The van der Waals surface area contributed by atoms with Crippen molar-refractivity contribution in [1.82, 2.24) is 0 Å². The van der Waals surface area contributed by atoms with Gasteiger partial charge in [-0.15, -0.1) is 0 Å². The Bertz CT molecular complexity index is 1330. The highest BCUT2D eigenvalue weighted by atomic mass is 16.5. The molecule has 1 N–H and O–H groups in total. The maximum atomic E-state index is 14.2. The van der Waals surface area contributed by atoms with E-state index in [0.29, 0.717) is 41.6 Å². The summed E-state index contributed by atoms with van der Waals surface area (Å²) in [5.74, 6) is 1.94. The van der Waals surface area contributed by atoms with Gasteiger partial charge in [0.15, 0.2) is 6.61 Å². The second-order valence-corrected chi connectivity index (χ2v) is 16.4. The standard InChI is InChI=1S/C38H53NO4/c1-24-15-20-38(33(42)43-23-31(41)39-26-11-9-8-10-12-26)22-21-36(6)27(32(38)25(24)2)13-14-29-35(5)18-17-30(40)34(3,4)28(35)16-19-37(29,36)7/h8-13,24-25,28-29,32H,14-23H2,1-7H3,(H,39,41)/t24-,25+,28+,29-,32+,35+,36-,37-,38+/m1/s1. The number of allylic oxidation sites excluding steroid dienone is 2. The number of ketones is 1. The van der Waals surface area contributed by atoms with E-state index in [1.807, 2.05) is 30.3 Å². The van der Waals surface area contributed by atoms with E-state index in [4.69, 9.17) is 4.74 Å². The van der Waals surface area contributed by atoms with Gasteiger partial charge >= 0.3 is 5.97 Å². The molecule has 5 aliphatic carbocycles. The number of carbonyl (C=O) groups is 3. The summed E-state index contributed by atoms with van der Waals surface area (Å²) in [5.41, 5.74) is 1.62. The van der Waals surface area contributed by atoms with Crippen LogP contribution in [0.1, 0.15) is 106 Å². The Hall–Kier alpha value is -2.43. The molecule has 0 saturated heterocycles. The second-order valence-electron chi connectivity index (χ2n) is 16.4. The highest BCUT2D eigenvalue weighted by Crippen LogP contribution is 2.75. The summed E-state index contributed by atoms with van der Waals surface area (Å²) in [6, 6.07) is 9.33. The van der Waals surface area contributed by atoms with Crippen LogP contribution in [-0.2, 0) is 19.1 Å². The number of carbonyl (C=O) groups excluding carboxylic acids is 3. The molecular weight excluding hydrogens is 534 g/mol. The topological polar surface area (TPSA) is 72.5 Å². The van der Waals surface area contributed by atoms with Crippen molar-refractivity contribution in [2.45, 2.75) is 106 Å².